The first kappa shape index (κ1) is 12.7. The molecule has 0 saturated heterocycles. The van der Waals surface area contributed by atoms with E-state index in [9.17, 15) is 4.79 Å². The maximum atomic E-state index is 10.9. The average Bonchev–Trinajstić information content (AvgIpc) is 3.19. The van der Waals surface area contributed by atoms with Crippen molar-refractivity contribution in [3.63, 3.8) is 0 Å². The lowest BCUT2D eigenvalue weighted by atomic mass is 9.88. The maximum Gasteiger partial charge on any atom is 0.306 e. The molecule has 102 valence electrons. The van der Waals surface area contributed by atoms with E-state index < -0.39 is 5.97 Å². The smallest absolute Gasteiger partial charge is 0.306 e. The van der Waals surface area contributed by atoms with Gasteiger partial charge in [0.25, 0.3) is 0 Å². The third-order valence-corrected chi connectivity index (χ3v) is 4.86. The minimum Gasteiger partial charge on any atom is -0.481 e. The second-order valence-electron chi connectivity index (χ2n) is 6.34. The Bertz CT molecular complexity index is 492. The number of carbonyl (C=O) groups is 1. The van der Waals surface area contributed by atoms with E-state index in [0.717, 1.165) is 12.8 Å². The molecule has 3 atom stereocenters. The molecule has 2 heteroatoms. The molecule has 0 aliphatic heterocycles. The number of aryl methyl sites for hydroxylation is 2. The molecular formula is C17H22O2. The fourth-order valence-electron chi connectivity index (χ4n) is 3.56. The molecule has 0 amide bonds. The van der Waals surface area contributed by atoms with Gasteiger partial charge in [0.05, 0.1) is 5.92 Å². The van der Waals surface area contributed by atoms with Gasteiger partial charge in [-0.05, 0) is 67.1 Å². The van der Waals surface area contributed by atoms with Crippen molar-refractivity contribution in [2.75, 3.05) is 0 Å². The van der Waals surface area contributed by atoms with E-state index >= 15 is 0 Å². The Morgan fingerprint density at radius 3 is 2.74 bits per heavy atom. The summed E-state index contributed by atoms with van der Waals surface area (Å²) in [6.07, 6.45) is 7.00. The van der Waals surface area contributed by atoms with Crippen LogP contribution in [-0.4, -0.2) is 11.1 Å². The van der Waals surface area contributed by atoms with Gasteiger partial charge in [-0.25, -0.2) is 0 Å². The van der Waals surface area contributed by atoms with Crippen molar-refractivity contribution in [1.82, 2.24) is 0 Å². The lowest BCUT2D eigenvalue weighted by Crippen LogP contribution is -2.09. The Labute approximate surface area is 114 Å². The third-order valence-electron chi connectivity index (χ3n) is 4.86. The lowest BCUT2D eigenvalue weighted by molar-refractivity contribution is -0.139. The van der Waals surface area contributed by atoms with E-state index in [0.29, 0.717) is 11.8 Å². The van der Waals surface area contributed by atoms with Gasteiger partial charge in [-0.1, -0.05) is 25.1 Å². The Balaban J connectivity index is 1.65. The molecule has 1 aromatic rings. The van der Waals surface area contributed by atoms with Gasteiger partial charge in [-0.15, -0.1) is 0 Å². The topological polar surface area (TPSA) is 37.3 Å². The number of benzene rings is 1. The minimum atomic E-state index is -0.609. The van der Waals surface area contributed by atoms with Gasteiger partial charge in [0.15, 0.2) is 0 Å². The molecule has 19 heavy (non-hydrogen) atoms. The van der Waals surface area contributed by atoms with Crippen LogP contribution in [-0.2, 0) is 24.1 Å². The number of fused-ring (bicyclic) bond motifs is 1. The van der Waals surface area contributed by atoms with Crippen LogP contribution in [0.5, 0.6) is 0 Å². The predicted molar refractivity (Wildman–Crippen MR) is 75.2 cm³/mol. The van der Waals surface area contributed by atoms with E-state index in [1.807, 2.05) is 0 Å². The average molecular weight is 258 g/mol. The highest BCUT2D eigenvalue weighted by Crippen LogP contribution is 2.45. The summed E-state index contributed by atoms with van der Waals surface area (Å²) in [5, 5.41) is 9.00. The van der Waals surface area contributed by atoms with Crippen molar-refractivity contribution in [3.05, 3.63) is 34.9 Å². The molecule has 0 radical (unpaired) electrons. The van der Waals surface area contributed by atoms with E-state index in [2.05, 4.69) is 25.1 Å². The summed E-state index contributed by atoms with van der Waals surface area (Å²) < 4.78 is 0. The van der Waals surface area contributed by atoms with Crippen molar-refractivity contribution in [2.24, 2.45) is 17.8 Å². The number of rotatable bonds is 4. The van der Waals surface area contributed by atoms with Crippen molar-refractivity contribution >= 4 is 5.97 Å². The Hall–Kier alpha value is -1.31. The monoisotopic (exact) mass is 258 g/mol. The zero-order valence-corrected chi connectivity index (χ0v) is 11.6. The van der Waals surface area contributed by atoms with Gasteiger partial charge < -0.3 is 5.11 Å². The van der Waals surface area contributed by atoms with E-state index in [1.54, 1.807) is 0 Å². The Morgan fingerprint density at radius 1 is 1.32 bits per heavy atom. The van der Waals surface area contributed by atoms with Crippen LogP contribution in [0.25, 0.3) is 0 Å². The zero-order chi connectivity index (χ0) is 13.4. The van der Waals surface area contributed by atoms with Crippen molar-refractivity contribution in [2.45, 2.75) is 45.4 Å². The van der Waals surface area contributed by atoms with Crippen LogP contribution < -0.4 is 0 Å². The molecule has 1 fully saturated rings. The minimum absolute atomic E-state index is 0.0763. The summed E-state index contributed by atoms with van der Waals surface area (Å²) >= 11 is 0. The summed E-state index contributed by atoms with van der Waals surface area (Å²) in [6.45, 7) is 2.20. The molecule has 2 aliphatic rings. The number of hydrogen-bond donors (Lipinski definition) is 1. The summed E-state index contributed by atoms with van der Waals surface area (Å²) in [5.41, 5.74) is 4.45. The van der Waals surface area contributed by atoms with Crippen LogP contribution in [0.2, 0.25) is 0 Å². The quantitative estimate of drug-likeness (QED) is 0.898. The summed E-state index contributed by atoms with van der Waals surface area (Å²) in [5.74, 6) is 0.200. The number of carboxylic acid groups (broad SMARTS) is 1. The van der Waals surface area contributed by atoms with Crippen LogP contribution in [0.15, 0.2) is 18.2 Å². The van der Waals surface area contributed by atoms with Crippen LogP contribution >= 0.6 is 0 Å². The van der Waals surface area contributed by atoms with Gasteiger partial charge in [-0.2, -0.15) is 0 Å². The van der Waals surface area contributed by atoms with Gasteiger partial charge in [-0.3, -0.25) is 4.79 Å². The van der Waals surface area contributed by atoms with Crippen molar-refractivity contribution in [3.8, 4) is 0 Å². The standard InChI is InChI=1S/C17H22O2/c1-11(15-10-16(15)17(18)19)8-12-6-7-13-4-2-3-5-14(13)9-12/h6-7,9,11,15-16H,2-5,8,10H2,1H3,(H,18,19). The molecule has 0 spiro atoms. The van der Waals surface area contributed by atoms with Crippen LogP contribution in [0.4, 0.5) is 0 Å². The van der Waals surface area contributed by atoms with E-state index in [-0.39, 0.29) is 5.92 Å². The first-order chi connectivity index (χ1) is 9.15. The Kier molecular flexibility index (Phi) is 3.34. The molecule has 0 aromatic heterocycles. The second-order valence-corrected chi connectivity index (χ2v) is 6.34. The molecular weight excluding hydrogens is 236 g/mol. The van der Waals surface area contributed by atoms with Crippen molar-refractivity contribution < 1.29 is 9.90 Å². The highest BCUT2D eigenvalue weighted by molar-refractivity contribution is 5.73. The second kappa shape index (κ2) is 4.99. The lowest BCUT2D eigenvalue weighted by Gasteiger charge is -2.18. The van der Waals surface area contributed by atoms with Gasteiger partial charge in [0.1, 0.15) is 0 Å². The molecule has 0 bridgehead atoms. The van der Waals surface area contributed by atoms with Crippen LogP contribution in [0.3, 0.4) is 0 Å². The third kappa shape index (κ3) is 2.68. The largest absolute Gasteiger partial charge is 0.481 e. The van der Waals surface area contributed by atoms with Crippen LogP contribution in [0.1, 0.15) is 42.9 Å². The molecule has 2 aliphatic carbocycles. The summed E-state index contributed by atoms with van der Waals surface area (Å²) in [6, 6.07) is 6.90. The number of carboxylic acids is 1. The first-order valence-electron chi connectivity index (χ1n) is 7.48. The highest BCUT2D eigenvalue weighted by atomic mass is 16.4. The van der Waals surface area contributed by atoms with E-state index in [4.69, 9.17) is 5.11 Å². The molecule has 0 heterocycles. The molecule has 3 rings (SSSR count). The summed E-state index contributed by atoms with van der Waals surface area (Å²) in [4.78, 5) is 10.9. The molecule has 1 saturated carbocycles. The van der Waals surface area contributed by atoms with E-state index in [1.165, 1.54) is 42.4 Å². The molecule has 1 aromatic carbocycles. The molecule has 3 unspecified atom stereocenters. The highest BCUT2D eigenvalue weighted by Gasteiger charge is 2.45. The zero-order valence-electron chi connectivity index (χ0n) is 11.6. The number of aliphatic carboxylic acids is 1. The predicted octanol–water partition coefficient (Wildman–Crippen LogP) is 3.46. The van der Waals surface area contributed by atoms with Crippen molar-refractivity contribution in [1.29, 1.82) is 0 Å². The number of hydrogen-bond acceptors (Lipinski definition) is 1. The normalized spacial score (nSPS) is 26.6. The molecule has 2 nitrogen and oxygen atoms in total. The molecule has 1 N–H and O–H groups in total. The fourth-order valence-corrected chi connectivity index (χ4v) is 3.56. The first-order valence-corrected chi connectivity index (χ1v) is 7.48. The van der Waals surface area contributed by atoms with Gasteiger partial charge >= 0.3 is 5.97 Å². The van der Waals surface area contributed by atoms with Gasteiger partial charge in [0.2, 0.25) is 0 Å². The Morgan fingerprint density at radius 2 is 2.05 bits per heavy atom. The fraction of sp³-hybridized carbons (Fsp3) is 0.588. The van der Waals surface area contributed by atoms with Crippen LogP contribution in [0, 0.1) is 17.8 Å². The maximum absolute atomic E-state index is 10.9. The van der Waals surface area contributed by atoms with Gasteiger partial charge in [0, 0.05) is 0 Å². The summed E-state index contributed by atoms with van der Waals surface area (Å²) in [7, 11) is 0. The SMILES string of the molecule is CC(Cc1ccc2c(c1)CCCC2)C1CC1C(=O)O.